The Morgan fingerprint density at radius 2 is 2.00 bits per heavy atom. The van der Waals surface area contributed by atoms with Crippen LogP contribution in [0.15, 0.2) is 0 Å². The molecule has 0 saturated heterocycles. The lowest BCUT2D eigenvalue weighted by Crippen LogP contribution is -2.47. The third kappa shape index (κ3) is 8.57. The number of hydrogen-bond acceptors (Lipinski definition) is 3. The van der Waals surface area contributed by atoms with Gasteiger partial charge >= 0.3 is 18.2 Å². The zero-order valence-corrected chi connectivity index (χ0v) is 11.5. The summed E-state index contributed by atoms with van der Waals surface area (Å²) in [5.74, 6) is -0.671. The number of rotatable bonds is 7. The summed E-state index contributed by atoms with van der Waals surface area (Å²) in [7, 11) is 1.19. The van der Waals surface area contributed by atoms with Crippen LogP contribution in [-0.4, -0.2) is 59.8 Å². The van der Waals surface area contributed by atoms with Crippen LogP contribution < -0.4 is 5.32 Å². The molecule has 0 aromatic carbocycles. The third-order valence-corrected chi connectivity index (χ3v) is 2.93. The van der Waals surface area contributed by atoms with Crippen molar-refractivity contribution in [2.45, 2.75) is 25.1 Å². The maximum atomic E-state index is 12.0. The fraction of sp³-hybridized carbons (Fsp3) is 0.800. The van der Waals surface area contributed by atoms with E-state index >= 15 is 0 Å². The Balaban J connectivity index is 4.27. The normalized spacial score (nSPS) is 12.9. The average Bonchev–Trinajstić information content (AvgIpc) is 2.29. The molecule has 0 unspecified atom stereocenters. The predicted octanol–water partition coefficient (Wildman–Crippen LogP) is 1.79. The quantitative estimate of drug-likeness (QED) is 0.752. The number of thioether (sulfide) groups is 1. The van der Waals surface area contributed by atoms with E-state index in [1.54, 1.807) is 6.26 Å². The molecule has 0 aromatic heterocycles. The molecule has 0 aliphatic rings. The van der Waals surface area contributed by atoms with E-state index in [2.05, 4.69) is 5.32 Å². The second-order valence-electron chi connectivity index (χ2n) is 3.91. The Morgan fingerprint density at radius 3 is 2.42 bits per heavy atom. The number of aliphatic carboxylic acids is 1. The molecular weight excluding hydrogens is 285 g/mol. The van der Waals surface area contributed by atoms with Crippen LogP contribution in [0, 0.1) is 0 Å². The number of nitrogens with one attached hydrogen (secondary N) is 1. The van der Waals surface area contributed by atoms with Gasteiger partial charge in [-0.3, -0.25) is 0 Å². The van der Waals surface area contributed by atoms with Crippen LogP contribution in [-0.2, 0) is 4.79 Å². The van der Waals surface area contributed by atoms with Gasteiger partial charge in [0.1, 0.15) is 6.04 Å². The number of halogens is 3. The molecule has 0 radical (unpaired) electrons. The molecular formula is C10H17F3N2O3S. The van der Waals surface area contributed by atoms with E-state index in [0.29, 0.717) is 5.75 Å². The van der Waals surface area contributed by atoms with E-state index in [9.17, 15) is 22.8 Å². The molecule has 0 fully saturated rings. The van der Waals surface area contributed by atoms with Crippen molar-refractivity contribution >= 4 is 23.8 Å². The topological polar surface area (TPSA) is 69.6 Å². The molecule has 0 bridgehead atoms. The highest BCUT2D eigenvalue weighted by atomic mass is 32.2. The zero-order valence-electron chi connectivity index (χ0n) is 10.7. The molecule has 1 atom stereocenters. The number of hydrogen-bond donors (Lipinski definition) is 2. The van der Waals surface area contributed by atoms with Crippen molar-refractivity contribution in [1.29, 1.82) is 0 Å². The summed E-state index contributed by atoms with van der Waals surface area (Å²) in [6.07, 6.45) is -3.47. The van der Waals surface area contributed by atoms with E-state index in [-0.39, 0.29) is 6.42 Å². The first kappa shape index (κ1) is 17.9. The number of carboxylic acids is 1. The first-order chi connectivity index (χ1) is 8.67. The molecule has 0 aliphatic heterocycles. The first-order valence-electron chi connectivity index (χ1n) is 5.47. The zero-order chi connectivity index (χ0) is 15.1. The Morgan fingerprint density at radius 1 is 1.42 bits per heavy atom. The highest BCUT2D eigenvalue weighted by Gasteiger charge is 2.29. The van der Waals surface area contributed by atoms with E-state index < -0.39 is 37.2 Å². The second kappa shape index (κ2) is 8.13. The second-order valence-corrected chi connectivity index (χ2v) is 4.89. The highest BCUT2D eigenvalue weighted by Crippen LogP contribution is 2.19. The first-order valence-corrected chi connectivity index (χ1v) is 6.87. The van der Waals surface area contributed by atoms with Crippen LogP contribution in [0.1, 0.15) is 12.8 Å². The number of amides is 2. The van der Waals surface area contributed by atoms with Gasteiger partial charge in [-0.05, 0) is 18.4 Å². The maximum absolute atomic E-state index is 12.0. The summed E-state index contributed by atoms with van der Waals surface area (Å²) >= 11 is 1.42. The summed E-state index contributed by atoms with van der Waals surface area (Å²) in [5.41, 5.74) is 0. The maximum Gasteiger partial charge on any atom is 0.390 e. The highest BCUT2D eigenvalue weighted by molar-refractivity contribution is 7.98. The summed E-state index contributed by atoms with van der Waals surface area (Å²) in [6.45, 7) is -0.510. The lowest BCUT2D eigenvalue weighted by atomic mass is 10.2. The monoisotopic (exact) mass is 302 g/mol. The number of carbonyl (C=O) groups excluding carboxylic acids is 1. The van der Waals surface area contributed by atoms with Crippen molar-refractivity contribution < 1.29 is 27.9 Å². The van der Waals surface area contributed by atoms with Crippen LogP contribution in [0.3, 0.4) is 0 Å². The fourth-order valence-electron chi connectivity index (χ4n) is 1.15. The van der Waals surface area contributed by atoms with Crippen LogP contribution in [0.2, 0.25) is 0 Å². The van der Waals surface area contributed by atoms with E-state index in [4.69, 9.17) is 5.11 Å². The van der Waals surface area contributed by atoms with Crippen LogP contribution >= 0.6 is 11.8 Å². The van der Waals surface area contributed by atoms with E-state index in [1.165, 1.54) is 18.8 Å². The van der Waals surface area contributed by atoms with Crippen molar-refractivity contribution in [3.05, 3.63) is 0 Å². The van der Waals surface area contributed by atoms with Gasteiger partial charge in [0.2, 0.25) is 0 Å². The van der Waals surface area contributed by atoms with Gasteiger partial charge in [0.25, 0.3) is 0 Å². The minimum atomic E-state index is -4.35. The van der Waals surface area contributed by atoms with Crippen molar-refractivity contribution in [2.75, 3.05) is 25.6 Å². The molecule has 0 rings (SSSR count). The molecule has 0 heterocycles. The standard InChI is InChI=1S/C10H17F3N2O3S/c1-15(5-4-10(11,12)13)9(18)14-7(8(16)17)3-6-19-2/h7H,3-6H2,1-2H3,(H,14,18)(H,16,17)/t7-/m0/s1. The molecule has 0 aliphatic carbocycles. The Labute approximate surface area is 113 Å². The summed E-state index contributed by atoms with van der Waals surface area (Å²) in [5, 5.41) is 11.1. The summed E-state index contributed by atoms with van der Waals surface area (Å²) < 4.78 is 35.9. The minimum Gasteiger partial charge on any atom is -0.480 e. The molecule has 9 heteroatoms. The van der Waals surface area contributed by atoms with Gasteiger partial charge in [-0.1, -0.05) is 0 Å². The Bertz CT molecular complexity index is 313. The smallest absolute Gasteiger partial charge is 0.390 e. The van der Waals surface area contributed by atoms with Crippen LogP contribution in [0.5, 0.6) is 0 Å². The molecule has 2 N–H and O–H groups in total. The van der Waals surface area contributed by atoms with Crippen molar-refractivity contribution in [3.63, 3.8) is 0 Å². The SMILES string of the molecule is CSCC[C@H](NC(=O)N(C)CCC(F)(F)F)C(=O)O. The Kier molecular flexibility index (Phi) is 7.65. The number of carboxylic acid groups (broad SMARTS) is 1. The van der Waals surface area contributed by atoms with Gasteiger partial charge in [0.05, 0.1) is 6.42 Å². The lowest BCUT2D eigenvalue weighted by Gasteiger charge is -2.21. The third-order valence-electron chi connectivity index (χ3n) is 2.28. The largest absolute Gasteiger partial charge is 0.480 e. The van der Waals surface area contributed by atoms with Crippen molar-refractivity contribution in [2.24, 2.45) is 0 Å². The van der Waals surface area contributed by atoms with E-state index in [1.807, 2.05) is 0 Å². The van der Waals surface area contributed by atoms with Crippen molar-refractivity contribution in [3.8, 4) is 0 Å². The summed E-state index contributed by atoms with van der Waals surface area (Å²) in [6, 6.07) is -1.91. The van der Waals surface area contributed by atoms with Crippen molar-refractivity contribution in [1.82, 2.24) is 10.2 Å². The van der Waals surface area contributed by atoms with Gasteiger partial charge in [0, 0.05) is 13.6 Å². The molecule has 5 nitrogen and oxygen atoms in total. The molecule has 0 aromatic rings. The van der Waals surface area contributed by atoms with Crippen LogP contribution in [0.25, 0.3) is 0 Å². The average molecular weight is 302 g/mol. The van der Waals surface area contributed by atoms with Gasteiger partial charge in [-0.2, -0.15) is 24.9 Å². The van der Waals surface area contributed by atoms with Gasteiger partial charge in [-0.15, -0.1) is 0 Å². The number of nitrogens with zero attached hydrogens (tertiary/aromatic N) is 1. The number of carbonyl (C=O) groups is 2. The van der Waals surface area contributed by atoms with Gasteiger partial charge in [-0.25, -0.2) is 9.59 Å². The lowest BCUT2D eigenvalue weighted by molar-refractivity contribution is -0.140. The summed E-state index contributed by atoms with van der Waals surface area (Å²) in [4.78, 5) is 23.2. The number of urea groups is 1. The minimum absolute atomic E-state index is 0.218. The molecule has 0 spiro atoms. The Hall–Kier alpha value is -1.12. The van der Waals surface area contributed by atoms with E-state index in [0.717, 1.165) is 4.90 Å². The predicted molar refractivity (Wildman–Crippen MR) is 66.3 cm³/mol. The molecule has 2 amide bonds. The van der Waals surface area contributed by atoms with Crippen LogP contribution in [0.4, 0.5) is 18.0 Å². The van der Waals surface area contributed by atoms with Gasteiger partial charge in [0.15, 0.2) is 0 Å². The van der Waals surface area contributed by atoms with Gasteiger partial charge < -0.3 is 15.3 Å². The molecule has 112 valence electrons. The fourth-order valence-corrected chi connectivity index (χ4v) is 1.62. The molecule has 0 saturated carbocycles. The molecule has 19 heavy (non-hydrogen) atoms. The number of alkyl halides is 3.